The zero-order valence-electron chi connectivity index (χ0n) is 15.0. The zero-order chi connectivity index (χ0) is 19.7. The van der Waals surface area contributed by atoms with Crippen LogP contribution in [0.3, 0.4) is 0 Å². The number of piperazine rings is 1. The Morgan fingerprint density at radius 3 is 2.89 bits per heavy atom. The summed E-state index contributed by atoms with van der Waals surface area (Å²) in [5.41, 5.74) is 2.09. The van der Waals surface area contributed by atoms with Gasteiger partial charge < -0.3 is 15.7 Å². The van der Waals surface area contributed by atoms with E-state index in [0.717, 1.165) is 13.1 Å². The number of rotatable bonds is 4. The fourth-order valence-corrected chi connectivity index (χ4v) is 4.33. The summed E-state index contributed by atoms with van der Waals surface area (Å²) in [6.07, 6.45) is -3.92. The molecule has 0 aliphatic carbocycles. The van der Waals surface area contributed by atoms with Gasteiger partial charge in [-0.15, -0.1) is 0 Å². The molecule has 0 bridgehead atoms. The number of aliphatic hydroxyl groups is 1. The van der Waals surface area contributed by atoms with E-state index in [1.807, 2.05) is 18.2 Å². The maximum absolute atomic E-state index is 13.3. The molecule has 1 atom stereocenters. The molecule has 3 N–H and O–H groups in total. The van der Waals surface area contributed by atoms with Crippen LogP contribution in [0.1, 0.15) is 17.1 Å². The number of para-hydroxylation sites is 2. The summed E-state index contributed by atoms with van der Waals surface area (Å²) >= 11 is 0.599. The van der Waals surface area contributed by atoms with E-state index in [4.69, 9.17) is 4.99 Å². The van der Waals surface area contributed by atoms with E-state index < -0.39 is 11.2 Å². The summed E-state index contributed by atoms with van der Waals surface area (Å²) < 4.78 is 39.9. The molecule has 1 aromatic carbocycles. The highest BCUT2D eigenvalue weighted by Crippen LogP contribution is 2.42. The Hall–Kier alpha value is -2.01. The van der Waals surface area contributed by atoms with Crippen molar-refractivity contribution in [2.45, 2.75) is 18.6 Å². The molecular weight excluding hydrogens is 391 g/mol. The van der Waals surface area contributed by atoms with Crippen molar-refractivity contribution in [2.75, 3.05) is 38.1 Å². The van der Waals surface area contributed by atoms with Gasteiger partial charge in [0.1, 0.15) is 10.7 Å². The first kappa shape index (κ1) is 19.3. The molecule has 0 saturated carbocycles. The van der Waals surface area contributed by atoms with E-state index in [2.05, 4.69) is 20.5 Å². The summed E-state index contributed by atoms with van der Waals surface area (Å²) in [5, 5.41) is 15.0. The van der Waals surface area contributed by atoms with Gasteiger partial charge in [-0.05, 0) is 18.6 Å². The molecule has 28 heavy (non-hydrogen) atoms. The first-order chi connectivity index (χ1) is 13.5. The van der Waals surface area contributed by atoms with Crippen LogP contribution in [0.15, 0.2) is 29.3 Å². The smallest absolute Gasteiger partial charge is 0.396 e. The minimum Gasteiger partial charge on any atom is -0.396 e. The van der Waals surface area contributed by atoms with Crippen LogP contribution in [0.2, 0.25) is 0 Å². The van der Waals surface area contributed by atoms with Crippen LogP contribution in [-0.4, -0.2) is 59.5 Å². The lowest BCUT2D eigenvalue weighted by molar-refractivity contribution is -0.137. The Kier molecular flexibility index (Phi) is 5.37. The van der Waals surface area contributed by atoms with Gasteiger partial charge in [-0.1, -0.05) is 23.5 Å². The Labute approximate surface area is 164 Å². The van der Waals surface area contributed by atoms with Gasteiger partial charge in [0.2, 0.25) is 5.01 Å². The predicted octanol–water partition coefficient (Wildman–Crippen LogP) is 3.00. The first-order valence-electron chi connectivity index (χ1n) is 9.06. The van der Waals surface area contributed by atoms with Gasteiger partial charge >= 0.3 is 6.18 Å². The fraction of sp³-hybridized carbons (Fsp3) is 0.444. The maximum atomic E-state index is 13.3. The summed E-state index contributed by atoms with van der Waals surface area (Å²) in [7, 11) is 0. The van der Waals surface area contributed by atoms with Gasteiger partial charge in [0, 0.05) is 32.8 Å². The van der Waals surface area contributed by atoms with Gasteiger partial charge in [0.05, 0.1) is 23.1 Å². The van der Waals surface area contributed by atoms with Crippen LogP contribution in [0, 0.1) is 0 Å². The number of halogens is 3. The van der Waals surface area contributed by atoms with E-state index in [1.54, 1.807) is 6.07 Å². The number of benzene rings is 1. The summed E-state index contributed by atoms with van der Waals surface area (Å²) in [5.74, 6) is 0. The molecule has 1 fully saturated rings. The number of hydrogen-bond donors (Lipinski definition) is 3. The predicted molar refractivity (Wildman–Crippen MR) is 103 cm³/mol. The van der Waals surface area contributed by atoms with Crippen molar-refractivity contribution in [3.63, 3.8) is 0 Å². The molecule has 0 spiro atoms. The van der Waals surface area contributed by atoms with Crippen molar-refractivity contribution in [3.8, 4) is 0 Å². The van der Waals surface area contributed by atoms with Crippen molar-refractivity contribution in [3.05, 3.63) is 35.0 Å². The van der Waals surface area contributed by atoms with Crippen LogP contribution in [-0.2, 0) is 6.18 Å². The van der Waals surface area contributed by atoms with Crippen LogP contribution >= 0.6 is 11.3 Å². The van der Waals surface area contributed by atoms with Crippen LogP contribution < -0.4 is 10.6 Å². The molecule has 150 valence electrons. The van der Waals surface area contributed by atoms with Gasteiger partial charge in [-0.25, -0.2) is 9.98 Å². The molecule has 2 aliphatic heterocycles. The number of nitrogens with one attached hydrogen (secondary N) is 2. The fourth-order valence-electron chi connectivity index (χ4n) is 3.47. The summed E-state index contributed by atoms with van der Waals surface area (Å²) in [6.45, 7) is 2.77. The monoisotopic (exact) mass is 411 g/mol. The van der Waals surface area contributed by atoms with Gasteiger partial charge in [0.25, 0.3) is 0 Å². The normalized spacial score (nSPS) is 20.0. The van der Waals surface area contributed by atoms with Crippen LogP contribution in [0.25, 0.3) is 0 Å². The highest BCUT2D eigenvalue weighted by Gasteiger charge is 2.39. The molecule has 0 radical (unpaired) electrons. The largest absolute Gasteiger partial charge is 0.443 e. The molecular formula is C18H20F3N5OS. The number of anilines is 2. The lowest BCUT2D eigenvalue weighted by Crippen LogP contribution is -2.55. The maximum Gasteiger partial charge on any atom is 0.443 e. The van der Waals surface area contributed by atoms with Crippen molar-refractivity contribution in [1.29, 1.82) is 0 Å². The highest BCUT2D eigenvalue weighted by atomic mass is 32.1. The number of nitrogens with zero attached hydrogens (tertiary/aromatic N) is 3. The molecule has 0 amide bonds. The second-order valence-corrected chi connectivity index (χ2v) is 7.67. The average molecular weight is 411 g/mol. The average Bonchev–Trinajstić information content (AvgIpc) is 3.03. The number of aliphatic hydroxyl groups excluding tert-OH is 1. The lowest BCUT2D eigenvalue weighted by atomic mass is 10.0. The second kappa shape index (κ2) is 7.78. The summed E-state index contributed by atoms with van der Waals surface area (Å²) in [4.78, 5) is 10.8. The standard InChI is InChI=1S/C18H20F3N5OS/c19-18(20,21)17-25-15-14(13-10-22-6-8-26(13)7-3-9-27)23-11-4-1-2-5-12(11)24-16(15)28-17/h1-2,4-5,13,22,24,27H,3,6-10H2/t13-/m0/s1. The number of thiazole rings is 1. The SMILES string of the molecule is OCCCN1CCNC[C@H]1C1=Nc2ccccc2Nc2sc(C(F)(F)F)nc21. The van der Waals surface area contributed by atoms with Gasteiger partial charge in [0.15, 0.2) is 0 Å². The highest BCUT2D eigenvalue weighted by molar-refractivity contribution is 7.16. The van der Waals surface area contributed by atoms with E-state index in [1.165, 1.54) is 0 Å². The van der Waals surface area contributed by atoms with Crippen LogP contribution in [0.5, 0.6) is 0 Å². The minimum absolute atomic E-state index is 0.0632. The Morgan fingerprint density at radius 1 is 1.29 bits per heavy atom. The van der Waals surface area contributed by atoms with Gasteiger partial charge in [-0.3, -0.25) is 4.90 Å². The van der Waals surface area contributed by atoms with E-state index in [9.17, 15) is 18.3 Å². The van der Waals surface area contributed by atoms with Crippen molar-refractivity contribution in [1.82, 2.24) is 15.2 Å². The molecule has 2 aliphatic rings. The number of alkyl halides is 3. The molecule has 3 heterocycles. The van der Waals surface area contributed by atoms with Crippen molar-refractivity contribution in [2.24, 2.45) is 4.99 Å². The van der Waals surface area contributed by atoms with Crippen molar-refractivity contribution < 1.29 is 18.3 Å². The van der Waals surface area contributed by atoms with E-state index in [-0.39, 0.29) is 18.3 Å². The zero-order valence-corrected chi connectivity index (χ0v) is 15.8. The third kappa shape index (κ3) is 3.77. The summed E-state index contributed by atoms with van der Waals surface area (Å²) in [6, 6.07) is 7.06. The molecule has 2 aromatic rings. The minimum atomic E-state index is -4.51. The topological polar surface area (TPSA) is 72.8 Å². The Bertz CT molecular complexity index is 882. The number of fused-ring (bicyclic) bond motifs is 2. The Morgan fingerprint density at radius 2 is 2.11 bits per heavy atom. The molecule has 1 aromatic heterocycles. The Balaban J connectivity index is 1.81. The third-order valence-electron chi connectivity index (χ3n) is 4.78. The molecule has 4 rings (SSSR count). The quantitative estimate of drug-likeness (QED) is 0.722. The van der Waals surface area contributed by atoms with Gasteiger partial charge in [-0.2, -0.15) is 13.2 Å². The third-order valence-corrected chi connectivity index (χ3v) is 5.79. The van der Waals surface area contributed by atoms with Crippen molar-refractivity contribution >= 4 is 33.4 Å². The first-order valence-corrected chi connectivity index (χ1v) is 9.87. The molecule has 0 unspecified atom stereocenters. The molecule has 6 nitrogen and oxygen atoms in total. The number of aromatic nitrogens is 1. The second-order valence-electron chi connectivity index (χ2n) is 6.67. The molecule has 10 heteroatoms. The number of hydrogen-bond acceptors (Lipinski definition) is 7. The van der Waals surface area contributed by atoms with Crippen LogP contribution in [0.4, 0.5) is 29.5 Å². The lowest BCUT2D eigenvalue weighted by Gasteiger charge is -2.36. The molecule has 1 saturated heterocycles. The van der Waals surface area contributed by atoms with E-state index in [0.29, 0.717) is 52.9 Å². The number of aliphatic imine (C=N–C) groups is 1. The van der Waals surface area contributed by atoms with E-state index >= 15 is 0 Å².